The van der Waals surface area contributed by atoms with Crippen molar-refractivity contribution in [3.63, 3.8) is 0 Å². The highest BCUT2D eigenvalue weighted by molar-refractivity contribution is 14.1. The zero-order chi connectivity index (χ0) is 27.9. The number of ether oxygens (including phenoxy) is 5. The first-order valence-electron chi connectivity index (χ1n) is 12.0. The summed E-state index contributed by atoms with van der Waals surface area (Å²) in [6, 6.07) is 0. The Hall–Kier alpha value is -0.0500. The summed E-state index contributed by atoms with van der Waals surface area (Å²) < 4.78 is 64.9. The third-order valence-corrected chi connectivity index (χ3v) is 8.58. The quantitative estimate of drug-likeness (QED) is 0.126. The molecule has 216 valence electrons. The molecular formula is C22H34F3I2NO9. The summed E-state index contributed by atoms with van der Waals surface area (Å²) in [6.45, 7) is 4.89. The second-order valence-electron chi connectivity index (χ2n) is 9.00. The molecule has 0 aromatic carbocycles. The van der Waals surface area contributed by atoms with E-state index in [1.54, 1.807) is 13.8 Å². The number of nitrogens with one attached hydrogen (secondary N) is 1. The molecule has 2 aliphatic heterocycles. The smallest absolute Gasteiger partial charge is 0.457 e. The minimum absolute atomic E-state index is 0.0553. The number of aliphatic hydroxyl groups is 2. The van der Waals surface area contributed by atoms with E-state index in [1.807, 2.05) is 27.9 Å². The molecule has 0 aromatic rings. The van der Waals surface area contributed by atoms with Gasteiger partial charge in [0.25, 0.3) is 0 Å². The molecule has 0 radical (unpaired) electrons. The van der Waals surface area contributed by atoms with Crippen LogP contribution in [-0.4, -0.2) is 98.5 Å². The van der Waals surface area contributed by atoms with Gasteiger partial charge in [-0.2, -0.15) is 13.2 Å². The molecule has 3 N–H and O–H groups in total. The third kappa shape index (κ3) is 9.82. The number of rotatable bonds is 11. The molecule has 15 heteroatoms. The molecule has 1 amide bonds. The Labute approximate surface area is 240 Å². The highest BCUT2D eigenvalue weighted by Crippen LogP contribution is 2.36. The summed E-state index contributed by atoms with van der Waals surface area (Å²) in [6.07, 6.45) is -8.99. The highest BCUT2D eigenvalue weighted by atomic mass is 127. The normalized spacial score (nSPS) is 36.7. The number of hydrogen-bond acceptors (Lipinski definition) is 9. The molecule has 2 aliphatic rings. The minimum atomic E-state index is -4.88. The maximum Gasteiger partial charge on any atom is 0.471 e. The topological polar surface area (TPSA) is 133 Å². The van der Waals surface area contributed by atoms with E-state index in [0.29, 0.717) is 32.3 Å². The van der Waals surface area contributed by atoms with Crippen molar-refractivity contribution in [2.24, 2.45) is 0 Å². The lowest BCUT2D eigenvalue weighted by Crippen LogP contribution is -2.61. The van der Waals surface area contributed by atoms with Gasteiger partial charge in [0.05, 0.1) is 26.2 Å². The lowest BCUT2D eigenvalue weighted by atomic mass is 10.00. The summed E-state index contributed by atoms with van der Waals surface area (Å²) in [7, 11) is 0. The van der Waals surface area contributed by atoms with Gasteiger partial charge in [-0.05, 0) is 26.7 Å². The van der Waals surface area contributed by atoms with Crippen LogP contribution in [0.2, 0.25) is 0 Å². The number of carbonyl (C=O) groups is 2. The largest absolute Gasteiger partial charge is 0.471 e. The van der Waals surface area contributed by atoms with Crippen LogP contribution < -0.4 is 5.32 Å². The second kappa shape index (κ2) is 15.1. The average Bonchev–Trinajstić information content (AvgIpc) is 2.81. The molecule has 2 fully saturated rings. The Morgan fingerprint density at radius 1 is 0.919 bits per heavy atom. The van der Waals surface area contributed by atoms with E-state index in [2.05, 4.69) is 22.6 Å². The second-order valence-corrected chi connectivity index (χ2v) is 11.9. The molecular weight excluding hydrogens is 733 g/mol. The molecule has 0 aliphatic carbocycles. The fraction of sp³-hybridized carbons (Fsp3) is 0.909. The molecule has 0 bridgehead atoms. The number of alkyl halides is 5. The predicted molar refractivity (Wildman–Crippen MR) is 140 cm³/mol. The van der Waals surface area contributed by atoms with Gasteiger partial charge in [0, 0.05) is 20.1 Å². The SMILES string of the molecule is CC(=O)O[C@@H]1[C@@H](O[C@@H]2O[C@@H](C)[C@H](O)[C@@H](O)[C@H]2I)[C@@H](I)[C@H](OCCCCCCNC(=O)C(F)(F)F)O[C@H]1C. The molecule has 37 heavy (non-hydrogen) atoms. The first kappa shape index (κ1) is 33.2. The van der Waals surface area contributed by atoms with Gasteiger partial charge in [-0.15, -0.1) is 0 Å². The van der Waals surface area contributed by atoms with E-state index in [9.17, 15) is 33.0 Å². The van der Waals surface area contributed by atoms with Gasteiger partial charge < -0.3 is 39.2 Å². The van der Waals surface area contributed by atoms with E-state index in [1.165, 1.54) is 6.92 Å². The zero-order valence-electron chi connectivity index (χ0n) is 20.7. The maximum absolute atomic E-state index is 12.2. The van der Waals surface area contributed by atoms with Crippen LogP contribution in [0.1, 0.15) is 46.5 Å². The number of unbranched alkanes of at least 4 members (excludes halogenated alkanes) is 3. The molecule has 0 saturated carbocycles. The number of halogens is 5. The van der Waals surface area contributed by atoms with Crippen LogP contribution in [0, 0.1) is 0 Å². The molecule has 2 saturated heterocycles. The Morgan fingerprint density at radius 2 is 1.54 bits per heavy atom. The van der Waals surface area contributed by atoms with Crippen molar-refractivity contribution in [2.75, 3.05) is 13.2 Å². The van der Waals surface area contributed by atoms with Crippen LogP contribution in [-0.2, 0) is 33.3 Å². The number of carbonyl (C=O) groups excluding carboxylic acids is 2. The van der Waals surface area contributed by atoms with E-state index >= 15 is 0 Å². The predicted octanol–water partition coefficient (Wildman–Crippen LogP) is 2.38. The van der Waals surface area contributed by atoms with Crippen molar-refractivity contribution in [1.29, 1.82) is 0 Å². The van der Waals surface area contributed by atoms with Crippen molar-refractivity contribution in [1.82, 2.24) is 5.32 Å². The van der Waals surface area contributed by atoms with Crippen LogP contribution in [0.4, 0.5) is 13.2 Å². The Kier molecular flexibility index (Phi) is 13.5. The summed E-state index contributed by atoms with van der Waals surface area (Å²) in [5.74, 6) is -2.45. The summed E-state index contributed by atoms with van der Waals surface area (Å²) in [5.41, 5.74) is 0. The molecule has 10 atom stereocenters. The summed E-state index contributed by atoms with van der Waals surface area (Å²) in [5, 5.41) is 22.3. The van der Waals surface area contributed by atoms with Gasteiger partial charge >= 0.3 is 18.1 Å². The molecule has 10 nitrogen and oxygen atoms in total. The first-order chi connectivity index (χ1) is 17.2. The Balaban J connectivity index is 1.88. The maximum atomic E-state index is 12.2. The van der Waals surface area contributed by atoms with Crippen LogP contribution in [0.25, 0.3) is 0 Å². The highest BCUT2D eigenvalue weighted by Gasteiger charge is 2.50. The lowest BCUT2D eigenvalue weighted by molar-refractivity contribution is -0.299. The van der Waals surface area contributed by atoms with E-state index < -0.39 is 75.1 Å². The number of hydrogen-bond donors (Lipinski definition) is 3. The summed E-state index contributed by atoms with van der Waals surface area (Å²) >= 11 is 4.05. The zero-order valence-corrected chi connectivity index (χ0v) is 25.0. The van der Waals surface area contributed by atoms with Crippen molar-refractivity contribution >= 4 is 57.1 Å². The molecule has 2 rings (SSSR count). The standard InChI is InChI=1S/C22H34F3I2NO9/c1-10-15(30)16(31)13(26)20(34-10)37-18-14(27)19(35-11(2)17(18)36-12(3)29)33-9-7-5-4-6-8-28-21(32)22(23,24)25/h10-11,13-20,30-31H,4-9H2,1-3H3,(H,28,32)/t10-,11-,13+,14+,15-,16-,17-,18-,19+,20-/m0/s1. The van der Waals surface area contributed by atoms with Crippen molar-refractivity contribution in [3.8, 4) is 0 Å². The Bertz CT molecular complexity index is 751. The van der Waals surface area contributed by atoms with Crippen molar-refractivity contribution in [3.05, 3.63) is 0 Å². The van der Waals surface area contributed by atoms with Gasteiger partial charge in [0.2, 0.25) is 0 Å². The van der Waals surface area contributed by atoms with Gasteiger partial charge in [-0.25, -0.2) is 0 Å². The number of aliphatic hydroxyl groups excluding tert-OH is 2. The van der Waals surface area contributed by atoms with Crippen LogP contribution in [0.5, 0.6) is 0 Å². The van der Waals surface area contributed by atoms with Gasteiger partial charge in [0.1, 0.15) is 12.2 Å². The van der Waals surface area contributed by atoms with E-state index in [0.717, 1.165) is 0 Å². The van der Waals surface area contributed by atoms with Crippen LogP contribution >= 0.6 is 45.2 Å². The minimum Gasteiger partial charge on any atom is -0.457 e. The Morgan fingerprint density at radius 3 is 2.16 bits per heavy atom. The van der Waals surface area contributed by atoms with Gasteiger partial charge in [-0.3, -0.25) is 9.59 Å². The van der Waals surface area contributed by atoms with E-state index in [-0.39, 0.29) is 6.54 Å². The molecule has 0 unspecified atom stereocenters. The lowest BCUT2D eigenvalue weighted by Gasteiger charge is -2.46. The molecule has 0 spiro atoms. The first-order valence-corrected chi connectivity index (χ1v) is 14.5. The van der Waals surface area contributed by atoms with Crippen LogP contribution in [0.3, 0.4) is 0 Å². The van der Waals surface area contributed by atoms with Gasteiger partial charge in [-0.1, -0.05) is 58.0 Å². The van der Waals surface area contributed by atoms with Crippen molar-refractivity contribution < 1.29 is 56.7 Å². The average molecular weight is 767 g/mol. The van der Waals surface area contributed by atoms with E-state index in [4.69, 9.17) is 23.7 Å². The molecule has 0 aromatic heterocycles. The van der Waals surface area contributed by atoms with Crippen molar-refractivity contribution in [2.45, 2.75) is 110 Å². The summed E-state index contributed by atoms with van der Waals surface area (Å²) in [4.78, 5) is 22.5. The number of esters is 1. The fourth-order valence-corrected chi connectivity index (χ4v) is 5.66. The van der Waals surface area contributed by atoms with Gasteiger partial charge in [0.15, 0.2) is 18.7 Å². The fourth-order valence-electron chi connectivity index (χ4n) is 3.94. The third-order valence-electron chi connectivity index (χ3n) is 5.96. The number of amides is 1. The van der Waals surface area contributed by atoms with Crippen LogP contribution in [0.15, 0.2) is 0 Å². The monoisotopic (exact) mass is 767 g/mol. The molecule has 2 heterocycles.